The lowest BCUT2D eigenvalue weighted by Crippen LogP contribution is -2.41. The van der Waals surface area contributed by atoms with Gasteiger partial charge in [-0.2, -0.15) is 0 Å². The first-order valence-electron chi connectivity index (χ1n) is 10.4. The molecule has 5 rings (SSSR count). The first kappa shape index (κ1) is 18.7. The van der Waals surface area contributed by atoms with E-state index in [4.69, 9.17) is 8.83 Å². The van der Waals surface area contributed by atoms with Crippen molar-refractivity contribution in [3.63, 3.8) is 0 Å². The molecule has 6 heteroatoms. The summed E-state index contributed by atoms with van der Waals surface area (Å²) in [6, 6.07) is 11.8. The van der Waals surface area contributed by atoms with Gasteiger partial charge in [0.1, 0.15) is 23.1 Å². The molecule has 1 aliphatic heterocycles. The molecule has 6 nitrogen and oxygen atoms in total. The molecule has 30 heavy (non-hydrogen) atoms. The summed E-state index contributed by atoms with van der Waals surface area (Å²) in [7, 11) is 0. The van der Waals surface area contributed by atoms with Crippen LogP contribution in [0.5, 0.6) is 0 Å². The maximum absolute atomic E-state index is 13.5. The summed E-state index contributed by atoms with van der Waals surface area (Å²) < 4.78 is 11.6. The number of hydrogen-bond donors (Lipinski definition) is 1. The maximum atomic E-state index is 13.5. The Morgan fingerprint density at radius 2 is 1.83 bits per heavy atom. The second-order valence-electron chi connectivity index (χ2n) is 8.10. The number of aryl methyl sites for hydroxylation is 1. The molecule has 1 unspecified atom stereocenters. The fourth-order valence-corrected chi connectivity index (χ4v) is 4.70. The fourth-order valence-electron chi connectivity index (χ4n) is 4.70. The van der Waals surface area contributed by atoms with Crippen LogP contribution in [0.2, 0.25) is 0 Å². The van der Waals surface area contributed by atoms with Crippen LogP contribution in [-0.4, -0.2) is 27.7 Å². The van der Waals surface area contributed by atoms with E-state index < -0.39 is 23.5 Å². The van der Waals surface area contributed by atoms with Crippen LogP contribution in [0.3, 0.4) is 0 Å². The van der Waals surface area contributed by atoms with Crippen molar-refractivity contribution < 1.29 is 23.5 Å². The van der Waals surface area contributed by atoms with Gasteiger partial charge in [-0.15, -0.1) is 0 Å². The summed E-state index contributed by atoms with van der Waals surface area (Å²) >= 11 is 0. The molecule has 2 aliphatic rings. The lowest BCUT2D eigenvalue weighted by Gasteiger charge is -2.35. The Hall–Kier alpha value is -3.28. The topological polar surface area (TPSA) is 83.9 Å². The number of benzene rings is 1. The first-order valence-corrected chi connectivity index (χ1v) is 10.4. The number of fused-ring (bicyclic) bond motifs is 1. The van der Waals surface area contributed by atoms with E-state index in [0.717, 1.165) is 37.5 Å². The van der Waals surface area contributed by atoms with E-state index >= 15 is 0 Å². The van der Waals surface area contributed by atoms with Gasteiger partial charge < -0.3 is 18.8 Å². The molecular weight excluding hydrogens is 382 g/mol. The minimum absolute atomic E-state index is 0.0268. The van der Waals surface area contributed by atoms with E-state index in [-0.39, 0.29) is 17.4 Å². The molecule has 1 atom stereocenters. The molecule has 0 saturated heterocycles. The molecule has 1 amide bonds. The minimum atomic E-state index is -0.755. The van der Waals surface area contributed by atoms with Gasteiger partial charge in [0.25, 0.3) is 5.91 Å². The number of hydrogen-bond acceptors (Lipinski definition) is 5. The number of Topliss-reactive ketones (excluding diaryl/α,β-unsaturated/α-hetero) is 1. The SMILES string of the molecule is Cc1ccc(C2C(C(=O)c3cc4ccccc4o3)=C(O)C(=O)N2C2CCCCC2)o1. The zero-order valence-corrected chi connectivity index (χ0v) is 16.8. The lowest BCUT2D eigenvalue weighted by atomic mass is 9.92. The van der Waals surface area contributed by atoms with Gasteiger partial charge >= 0.3 is 0 Å². The number of para-hydroxylation sites is 1. The first-order chi connectivity index (χ1) is 14.5. The van der Waals surface area contributed by atoms with Crippen LogP contribution in [0.1, 0.15) is 60.2 Å². The summed E-state index contributed by atoms with van der Waals surface area (Å²) in [5, 5.41) is 11.6. The normalized spacial score (nSPS) is 20.5. The van der Waals surface area contributed by atoms with E-state index in [2.05, 4.69) is 0 Å². The Morgan fingerprint density at radius 3 is 2.53 bits per heavy atom. The zero-order chi connectivity index (χ0) is 20.8. The molecule has 1 N–H and O–H groups in total. The van der Waals surface area contributed by atoms with Gasteiger partial charge in [-0.05, 0) is 44.0 Å². The van der Waals surface area contributed by atoms with E-state index in [1.54, 1.807) is 29.2 Å². The van der Waals surface area contributed by atoms with Crippen LogP contribution >= 0.6 is 0 Å². The molecule has 154 valence electrons. The van der Waals surface area contributed by atoms with Crippen molar-refractivity contribution >= 4 is 22.7 Å². The predicted octanol–water partition coefficient (Wildman–Crippen LogP) is 5.25. The number of aliphatic hydroxyl groups excluding tert-OH is 1. The lowest BCUT2D eigenvalue weighted by molar-refractivity contribution is -0.132. The van der Waals surface area contributed by atoms with Crippen molar-refractivity contribution in [2.45, 2.75) is 51.1 Å². The van der Waals surface area contributed by atoms with Crippen LogP contribution in [0.15, 0.2) is 62.6 Å². The smallest absolute Gasteiger partial charge is 0.290 e. The Balaban J connectivity index is 1.60. The average Bonchev–Trinajstić information content (AvgIpc) is 3.45. The van der Waals surface area contributed by atoms with E-state index in [0.29, 0.717) is 17.1 Å². The Labute approximate surface area is 173 Å². The average molecular weight is 405 g/mol. The highest BCUT2D eigenvalue weighted by molar-refractivity contribution is 6.16. The highest BCUT2D eigenvalue weighted by Gasteiger charge is 2.48. The van der Waals surface area contributed by atoms with Crippen molar-refractivity contribution in [3.8, 4) is 0 Å². The molecule has 2 aromatic heterocycles. The molecule has 1 saturated carbocycles. The van der Waals surface area contributed by atoms with Crippen molar-refractivity contribution in [1.82, 2.24) is 4.90 Å². The summed E-state index contributed by atoms with van der Waals surface area (Å²) in [5.74, 6) is -0.248. The Kier molecular flexibility index (Phi) is 4.50. The van der Waals surface area contributed by atoms with Crippen molar-refractivity contribution in [2.75, 3.05) is 0 Å². The highest BCUT2D eigenvalue weighted by Crippen LogP contribution is 2.43. The van der Waals surface area contributed by atoms with Gasteiger partial charge in [0.05, 0.1) is 5.57 Å². The summed E-state index contributed by atoms with van der Waals surface area (Å²) in [6.45, 7) is 1.82. The van der Waals surface area contributed by atoms with Crippen molar-refractivity contribution in [1.29, 1.82) is 0 Å². The highest BCUT2D eigenvalue weighted by atomic mass is 16.4. The monoisotopic (exact) mass is 405 g/mol. The van der Waals surface area contributed by atoms with E-state index in [1.807, 2.05) is 25.1 Å². The van der Waals surface area contributed by atoms with Crippen LogP contribution in [0.4, 0.5) is 0 Å². The number of ketones is 1. The second-order valence-corrected chi connectivity index (χ2v) is 8.10. The van der Waals surface area contributed by atoms with E-state index in [1.165, 1.54) is 0 Å². The fraction of sp³-hybridized carbons (Fsp3) is 0.333. The maximum Gasteiger partial charge on any atom is 0.290 e. The van der Waals surface area contributed by atoms with Crippen LogP contribution < -0.4 is 0 Å². The van der Waals surface area contributed by atoms with Gasteiger partial charge in [-0.25, -0.2) is 0 Å². The second kappa shape index (κ2) is 7.20. The van der Waals surface area contributed by atoms with Crippen LogP contribution in [-0.2, 0) is 4.79 Å². The number of rotatable bonds is 4. The molecule has 1 fully saturated rings. The largest absolute Gasteiger partial charge is 0.503 e. The van der Waals surface area contributed by atoms with Gasteiger partial charge in [-0.1, -0.05) is 37.5 Å². The third-order valence-electron chi connectivity index (χ3n) is 6.14. The number of carbonyl (C=O) groups is 2. The molecule has 0 spiro atoms. The standard InChI is InChI=1S/C24H23NO5/c1-14-11-12-18(29-14)21-20(22(26)19-13-15-7-5-6-10-17(15)30-19)23(27)24(28)25(21)16-8-3-2-4-9-16/h5-7,10-13,16,21,27H,2-4,8-9H2,1H3. The third-order valence-corrected chi connectivity index (χ3v) is 6.14. The Morgan fingerprint density at radius 1 is 1.07 bits per heavy atom. The van der Waals surface area contributed by atoms with Crippen LogP contribution in [0, 0.1) is 6.92 Å². The Bertz CT molecular complexity index is 1130. The van der Waals surface area contributed by atoms with Crippen LogP contribution in [0.25, 0.3) is 11.0 Å². The molecule has 0 bridgehead atoms. The number of carbonyl (C=O) groups excluding carboxylic acids is 2. The molecule has 1 aliphatic carbocycles. The molecular formula is C24H23NO5. The zero-order valence-electron chi connectivity index (χ0n) is 16.8. The van der Waals surface area contributed by atoms with Gasteiger partial charge in [0.15, 0.2) is 11.5 Å². The summed E-state index contributed by atoms with van der Waals surface area (Å²) in [6.07, 6.45) is 4.87. The summed E-state index contributed by atoms with van der Waals surface area (Å²) in [4.78, 5) is 28.2. The molecule has 3 heterocycles. The number of amides is 1. The molecule has 3 aromatic rings. The summed E-state index contributed by atoms with van der Waals surface area (Å²) in [5.41, 5.74) is 0.610. The predicted molar refractivity (Wildman–Crippen MR) is 110 cm³/mol. The molecule has 1 aromatic carbocycles. The van der Waals surface area contributed by atoms with Gasteiger partial charge in [0, 0.05) is 11.4 Å². The number of furan rings is 2. The number of nitrogens with zero attached hydrogens (tertiary/aromatic N) is 1. The van der Waals surface area contributed by atoms with Gasteiger partial charge in [-0.3, -0.25) is 9.59 Å². The van der Waals surface area contributed by atoms with E-state index in [9.17, 15) is 14.7 Å². The minimum Gasteiger partial charge on any atom is -0.503 e. The number of aliphatic hydroxyl groups is 1. The van der Waals surface area contributed by atoms with Crippen molar-refractivity contribution in [3.05, 3.63) is 71.1 Å². The quantitative estimate of drug-likeness (QED) is 0.600. The molecule has 0 radical (unpaired) electrons. The van der Waals surface area contributed by atoms with Crippen molar-refractivity contribution in [2.24, 2.45) is 0 Å². The van der Waals surface area contributed by atoms with Gasteiger partial charge in [0.2, 0.25) is 5.78 Å². The third kappa shape index (κ3) is 2.95.